The van der Waals surface area contributed by atoms with Crippen LogP contribution in [0.15, 0.2) is 0 Å². The number of aliphatic hydroxyl groups is 1. The number of carbonyl (C=O) groups is 3. The Morgan fingerprint density at radius 2 is 2.05 bits per heavy atom. The van der Waals surface area contributed by atoms with Gasteiger partial charge in [0, 0.05) is 6.54 Å². The molecular weight excluding hydrogens is 258 g/mol. The molecule has 0 radical (unpaired) electrons. The third kappa shape index (κ3) is 4.38. The summed E-state index contributed by atoms with van der Waals surface area (Å²) in [5.74, 6) is -2.05. The normalized spacial score (nSPS) is 19.0. The Bertz CT molecular complexity index is 345. The Balaban J connectivity index is 2.78. The van der Waals surface area contributed by atoms with Crippen LogP contribution < -0.4 is 5.73 Å². The van der Waals surface area contributed by atoms with Crippen molar-refractivity contribution in [2.45, 2.75) is 6.04 Å². The van der Waals surface area contributed by atoms with Gasteiger partial charge in [-0.1, -0.05) is 0 Å². The lowest BCUT2D eigenvalue weighted by Gasteiger charge is -2.37. The molecule has 19 heavy (non-hydrogen) atoms. The smallest absolute Gasteiger partial charge is 0.323 e. The molecule has 0 spiro atoms. The molecule has 9 nitrogen and oxygen atoms in total. The van der Waals surface area contributed by atoms with E-state index in [2.05, 4.69) is 0 Å². The number of nitrogens with two attached hydrogens (primary N) is 1. The highest BCUT2D eigenvalue weighted by atomic mass is 16.5. The Kier molecular flexibility index (Phi) is 5.52. The van der Waals surface area contributed by atoms with E-state index < -0.39 is 37.0 Å². The van der Waals surface area contributed by atoms with Crippen LogP contribution in [-0.2, 0) is 14.3 Å². The van der Waals surface area contributed by atoms with Crippen molar-refractivity contribution in [3.05, 3.63) is 0 Å². The minimum atomic E-state index is -1.25. The average Bonchev–Trinajstić information content (AvgIpc) is 2.36. The zero-order valence-electron chi connectivity index (χ0n) is 10.3. The maximum absolute atomic E-state index is 12.2. The van der Waals surface area contributed by atoms with Crippen molar-refractivity contribution in [2.24, 2.45) is 5.73 Å². The summed E-state index contributed by atoms with van der Waals surface area (Å²) in [7, 11) is 0. The first-order valence-corrected chi connectivity index (χ1v) is 5.70. The highest BCUT2D eigenvalue weighted by Crippen LogP contribution is 2.10. The summed E-state index contributed by atoms with van der Waals surface area (Å²) in [6.07, 6.45) is 0. The number of hydrogen-bond acceptors (Lipinski definition) is 5. The van der Waals surface area contributed by atoms with Gasteiger partial charge in [-0.2, -0.15) is 0 Å². The van der Waals surface area contributed by atoms with Crippen LogP contribution in [0.2, 0.25) is 0 Å². The Morgan fingerprint density at radius 1 is 1.37 bits per heavy atom. The molecule has 0 bridgehead atoms. The molecule has 1 heterocycles. The van der Waals surface area contributed by atoms with Gasteiger partial charge in [-0.25, -0.2) is 4.79 Å². The number of nitrogens with zero attached hydrogens (tertiary/aromatic N) is 2. The Hall–Kier alpha value is -1.87. The Morgan fingerprint density at radius 3 is 2.58 bits per heavy atom. The number of carboxylic acids is 1. The molecular formula is C10H17N3O6. The van der Waals surface area contributed by atoms with Gasteiger partial charge < -0.3 is 30.5 Å². The predicted molar refractivity (Wildman–Crippen MR) is 62.2 cm³/mol. The summed E-state index contributed by atoms with van der Waals surface area (Å²) in [4.78, 5) is 35.8. The molecule has 1 fully saturated rings. The summed E-state index contributed by atoms with van der Waals surface area (Å²) in [5, 5.41) is 17.9. The van der Waals surface area contributed by atoms with Crippen LogP contribution in [0.3, 0.4) is 0 Å². The van der Waals surface area contributed by atoms with Gasteiger partial charge in [-0.05, 0) is 0 Å². The van der Waals surface area contributed by atoms with Crippen molar-refractivity contribution in [1.82, 2.24) is 9.80 Å². The van der Waals surface area contributed by atoms with E-state index in [4.69, 9.17) is 20.7 Å². The number of primary amides is 1. The van der Waals surface area contributed by atoms with Gasteiger partial charge in [0.25, 0.3) is 0 Å². The van der Waals surface area contributed by atoms with Crippen LogP contribution in [-0.4, -0.2) is 83.4 Å². The minimum absolute atomic E-state index is 0.166. The summed E-state index contributed by atoms with van der Waals surface area (Å²) < 4.78 is 5.11. The molecule has 9 heteroatoms. The van der Waals surface area contributed by atoms with Crippen molar-refractivity contribution >= 4 is 17.9 Å². The van der Waals surface area contributed by atoms with E-state index in [0.29, 0.717) is 6.61 Å². The fourth-order valence-corrected chi connectivity index (χ4v) is 1.78. The molecule has 1 saturated heterocycles. The zero-order valence-corrected chi connectivity index (χ0v) is 10.3. The van der Waals surface area contributed by atoms with Crippen molar-refractivity contribution in [1.29, 1.82) is 0 Å². The number of aliphatic carboxylic acids is 1. The van der Waals surface area contributed by atoms with E-state index >= 15 is 0 Å². The second kappa shape index (κ2) is 6.90. The number of ether oxygens (including phenoxy) is 1. The van der Waals surface area contributed by atoms with E-state index in [0.717, 1.165) is 4.90 Å². The highest BCUT2D eigenvalue weighted by molar-refractivity contribution is 5.86. The lowest BCUT2D eigenvalue weighted by Crippen LogP contribution is -2.56. The van der Waals surface area contributed by atoms with E-state index in [1.54, 1.807) is 0 Å². The quantitative estimate of drug-likeness (QED) is 0.515. The highest BCUT2D eigenvalue weighted by Gasteiger charge is 2.31. The lowest BCUT2D eigenvalue weighted by atomic mass is 10.2. The molecule has 1 rings (SSSR count). The van der Waals surface area contributed by atoms with Crippen molar-refractivity contribution in [3.8, 4) is 0 Å². The number of morpholine rings is 1. The summed E-state index contributed by atoms with van der Waals surface area (Å²) in [5.41, 5.74) is 4.99. The van der Waals surface area contributed by atoms with E-state index in [1.165, 1.54) is 4.90 Å². The number of carboxylic acid groups (broad SMARTS) is 1. The van der Waals surface area contributed by atoms with Crippen LogP contribution in [0.5, 0.6) is 0 Å². The predicted octanol–water partition coefficient (Wildman–Crippen LogP) is -2.33. The maximum atomic E-state index is 12.2. The first-order chi connectivity index (χ1) is 8.95. The standard InChI is InChI=1S/C10H17N3O6/c11-8(15)3-12(4-9(16)17)10(18)13-1-2-19-6-7(13)5-14/h7,14H,1-6H2,(H2,11,15)(H,16,17). The van der Waals surface area contributed by atoms with Gasteiger partial charge in [0.2, 0.25) is 5.91 Å². The maximum Gasteiger partial charge on any atom is 0.323 e. The number of hydrogen-bond donors (Lipinski definition) is 3. The molecule has 0 aromatic carbocycles. The molecule has 4 N–H and O–H groups in total. The third-order valence-electron chi connectivity index (χ3n) is 2.63. The fraction of sp³-hybridized carbons (Fsp3) is 0.700. The van der Waals surface area contributed by atoms with Crippen molar-refractivity contribution in [3.63, 3.8) is 0 Å². The number of rotatable bonds is 5. The number of carbonyl (C=O) groups excluding carboxylic acids is 2. The topological polar surface area (TPSA) is 133 Å². The summed E-state index contributed by atoms with van der Waals surface area (Å²) in [6.45, 7) is -0.737. The molecule has 108 valence electrons. The molecule has 3 amide bonds. The molecule has 1 aliphatic heterocycles. The molecule has 0 aliphatic carbocycles. The molecule has 0 aromatic heterocycles. The van der Waals surface area contributed by atoms with Crippen LogP contribution in [0.1, 0.15) is 0 Å². The molecule has 1 atom stereocenters. The molecule has 0 aromatic rings. The van der Waals surface area contributed by atoms with Gasteiger partial charge >= 0.3 is 12.0 Å². The first-order valence-electron chi connectivity index (χ1n) is 5.70. The van der Waals surface area contributed by atoms with E-state index in [9.17, 15) is 14.4 Å². The number of aliphatic hydroxyl groups excluding tert-OH is 1. The second-order valence-corrected chi connectivity index (χ2v) is 4.10. The zero-order chi connectivity index (χ0) is 14.4. The summed E-state index contributed by atoms with van der Waals surface area (Å²) >= 11 is 0. The van der Waals surface area contributed by atoms with Crippen LogP contribution in [0, 0.1) is 0 Å². The Labute approximate surface area is 109 Å². The fourth-order valence-electron chi connectivity index (χ4n) is 1.78. The van der Waals surface area contributed by atoms with Gasteiger partial charge in [0.1, 0.15) is 13.1 Å². The van der Waals surface area contributed by atoms with E-state index in [1.807, 2.05) is 0 Å². The van der Waals surface area contributed by atoms with Gasteiger partial charge in [-0.3, -0.25) is 9.59 Å². The van der Waals surface area contributed by atoms with Crippen LogP contribution in [0.4, 0.5) is 4.79 Å². The largest absolute Gasteiger partial charge is 0.480 e. The molecule has 0 saturated carbocycles. The van der Waals surface area contributed by atoms with E-state index in [-0.39, 0.29) is 19.8 Å². The van der Waals surface area contributed by atoms with Crippen molar-refractivity contribution < 1.29 is 29.3 Å². The number of urea groups is 1. The van der Waals surface area contributed by atoms with Crippen LogP contribution >= 0.6 is 0 Å². The van der Waals surface area contributed by atoms with Gasteiger partial charge in [0.05, 0.1) is 25.9 Å². The van der Waals surface area contributed by atoms with Crippen LogP contribution in [0.25, 0.3) is 0 Å². The summed E-state index contributed by atoms with van der Waals surface area (Å²) in [6, 6.07) is -1.20. The minimum Gasteiger partial charge on any atom is -0.480 e. The van der Waals surface area contributed by atoms with Crippen molar-refractivity contribution in [2.75, 3.05) is 39.5 Å². The lowest BCUT2D eigenvalue weighted by molar-refractivity contribution is -0.138. The monoisotopic (exact) mass is 275 g/mol. The molecule has 1 unspecified atom stereocenters. The van der Waals surface area contributed by atoms with Gasteiger partial charge in [0.15, 0.2) is 0 Å². The SMILES string of the molecule is NC(=O)CN(CC(=O)O)C(=O)N1CCOCC1CO. The number of amides is 3. The first kappa shape index (κ1) is 15.2. The average molecular weight is 275 g/mol. The molecule has 1 aliphatic rings. The third-order valence-corrected chi connectivity index (χ3v) is 2.63. The second-order valence-electron chi connectivity index (χ2n) is 4.10. The van der Waals surface area contributed by atoms with Gasteiger partial charge in [-0.15, -0.1) is 0 Å².